The number of fused-ring (bicyclic) bond motifs is 8. The molecule has 1 heterocycles. The van der Waals surface area contributed by atoms with Crippen LogP contribution in [0.2, 0.25) is 0 Å². The van der Waals surface area contributed by atoms with Crippen LogP contribution in [0.5, 0.6) is 0 Å². The van der Waals surface area contributed by atoms with Crippen LogP contribution in [0.15, 0.2) is 194 Å². The molecule has 0 spiro atoms. The van der Waals surface area contributed by atoms with Crippen LogP contribution in [-0.2, 0) is 5.41 Å². The minimum absolute atomic E-state index is 0.134. The molecule has 0 aliphatic heterocycles. The van der Waals surface area contributed by atoms with E-state index in [1.54, 1.807) is 0 Å². The van der Waals surface area contributed by atoms with Crippen molar-refractivity contribution in [1.82, 2.24) is 4.57 Å². The summed E-state index contributed by atoms with van der Waals surface area (Å²) in [5.41, 5.74) is 14.6. The van der Waals surface area contributed by atoms with Gasteiger partial charge in [-0.05, 0) is 110 Å². The Morgan fingerprint density at radius 1 is 0.436 bits per heavy atom. The summed E-state index contributed by atoms with van der Waals surface area (Å²) in [5, 5.41) is 7.38. The molecule has 0 bridgehead atoms. The van der Waals surface area contributed by atoms with E-state index in [4.69, 9.17) is 0 Å². The highest BCUT2D eigenvalue weighted by Gasteiger charge is 2.36. The van der Waals surface area contributed by atoms with Gasteiger partial charge in [-0.1, -0.05) is 147 Å². The van der Waals surface area contributed by atoms with Crippen LogP contribution < -0.4 is 4.90 Å². The quantitative estimate of drug-likeness (QED) is 0.173. The van der Waals surface area contributed by atoms with Crippen molar-refractivity contribution in [3.63, 3.8) is 0 Å². The van der Waals surface area contributed by atoms with Gasteiger partial charge in [0.2, 0.25) is 0 Å². The third-order valence-corrected chi connectivity index (χ3v) is 11.9. The summed E-state index contributed by atoms with van der Waals surface area (Å²) in [7, 11) is 0. The summed E-state index contributed by atoms with van der Waals surface area (Å²) in [6.07, 6.45) is 0. The highest BCUT2D eigenvalue weighted by molar-refractivity contribution is 6.19. The van der Waals surface area contributed by atoms with Crippen LogP contribution in [0.25, 0.3) is 71.3 Å². The average molecular weight is 703 g/mol. The number of benzene rings is 9. The van der Waals surface area contributed by atoms with Gasteiger partial charge in [-0.25, -0.2) is 0 Å². The first-order valence-electron chi connectivity index (χ1n) is 19.2. The van der Waals surface area contributed by atoms with Gasteiger partial charge in [-0.2, -0.15) is 0 Å². The zero-order chi connectivity index (χ0) is 36.7. The maximum Gasteiger partial charge on any atom is 0.0548 e. The van der Waals surface area contributed by atoms with E-state index in [1.807, 2.05) is 0 Å². The molecular weight excluding hydrogens is 665 g/mol. The first kappa shape index (κ1) is 31.6. The van der Waals surface area contributed by atoms with Gasteiger partial charge in [-0.15, -0.1) is 0 Å². The normalized spacial score (nSPS) is 13.1. The standard InChI is InChI=1S/C53H38N2/c1-53(2)46-22-12-10-20-43(46)44-29-28-42(34-47(44)53)54(41-27-26-36-15-7-9-17-38(36)33-41)49-30-31-50-52(51(49)39-25-24-35-14-6-8-16-37(35)32-39)45-21-11-13-23-48(45)55(50)40-18-4-3-5-19-40/h3-34H,1-2H3. The second kappa shape index (κ2) is 12.1. The Hall–Kier alpha value is -6.90. The van der Waals surface area contributed by atoms with Crippen LogP contribution in [0.1, 0.15) is 25.0 Å². The molecule has 0 amide bonds. The van der Waals surface area contributed by atoms with E-state index in [1.165, 1.54) is 76.7 Å². The molecule has 1 aliphatic carbocycles. The van der Waals surface area contributed by atoms with E-state index < -0.39 is 0 Å². The third kappa shape index (κ3) is 4.81. The molecule has 0 N–H and O–H groups in total. The summed E-state index contributed by atoms with van der Waals surface area (Å²) in [4.78, 5) is 2.50. The van der Waals surface area contributed by atoms with Crippen LogP contribution in [-0.4, -0.2) is 4.57 Å². The molecule has 0 saturated carbocycles. The summed E-state index contributed by atoms with van der Waals surface area (Å²) in [6.45, 7) is 4.74. The van der Waals surface area contributed by atoms with Crippen molar-refractivity contribution in [2.45, 2.75) is 19.3 Å². The van der Waals surface area contributed by atoms with Crippen LogP contribution in [0.4, 0.5) is 17.1 Å². The predicted octanol–water partition coefficient (Wildman–Crippen LogP) is 14.5. The molecule has 2 nitrogen and oxygen atoms in total. The molecule has 0 unspecified atom stereocenters. The van der Waals surface area contributed by atoms with E-state index in [2.05, 4.69) is 217 Å². The van der Waals surface area contributed by atoms with Gasteiger partial charge in [0.05, 0.1) is 16.7 Å². The molecule has 55 heavy (non-hydrogen) atoms. The molecular formula is C53H38N2. The molecule has 0 radical (unpaired) electrons. The fourth-order valence-electron chi connectivity index (χ4n) is 9.30. The van der Waals surface area contributed by atoms with E-state index >= 15 is 0 Å². The van der Waals surface area contributed by atoms with E-state index in [-0.39, 0.29) is 5.41 Å². The number of hydrogen-bond donors (Lipinski definition) is 0. The number of para-hydroxylation sites is 2. The third-order valence-electron chi connectivity index (χ3n) is 11.9. The van der Waals surface area contributed by atoms with Gasteiger partial charge in [0.25, 0.3) is 0 Å². The van der Waals surface area contributed by atoms with Crippen molar-refractivity contribution >= 4 is 60.4 Å². The summed E-state index contributed by atoms with van der Waals surface area (Å²) >= 11 is 0. The number of aromatic nitrogens is 1. The Bertz CT molecular complexity index is 3130. The monoisotopic (exact) mass is 702 g/mol. The van der Waals surface area contributed by atoms with Crippen LogP contribution in [0, 0.1) is 0 Å². The van der Waals surface area contributed by atoms with Crippen molar-refractivity contribution in [1.29, 1.82) is 0 Å². The van der Waals surface area contributed by atoms with Gasteiger partial charge in [0, 0.05) is 38.8 Å². The topological polar surface area (TPSA) is 8.17 Å². The summed E-state index contributed by atoms with van der Waals surface area (Å²) < 4.78 is 2.43. The number of hydrogen-bond acceptors (Lipinski definition) is 1. The molecule has 0 saturated heterocycles. The largest absolute Gasteiger partial charge is 0.310 e. The fraction of sp³-hybridized carbons (Fsp3) is 0.0566. The molecule has 11 rings (SSSR count). The highest BCUT2D eigenvalue weighted by atomic mass is 15.1. The summed E-state index contributed by atoms with van der Waals surface area (Å²) in [5.74, 6) is 0. The number of rotatable bonds is 5. The first-order chi connectivity index (χ1) is 27.0. The lowest BCUT2D eigenvalue weighted by atomic mass is 9.82. The molecule has 10 aromatic rings. The molecule has 1 aliphatic rings. The molecule has 1 aromatic heterocycles. The van der Waals surface area contributed by atoms with Gasteiger partial charge >= 0.3 is 0 Å². The Morgan fingerprint density at radius 3 is 1.87 bits per heavy atom. The minimum Gasteiger partial charge on any atom is -0.310 e. The van der Waals surface area contributed by atoms with E-state index in [0.717, 1.165) is 22.7 Å². The van der Waals surface area contributed by atoms with Crippen molar-refractivity contribution in [3.8, 4) is 27.9 Å². The second-order valence-electron chi connectivity index (χ2n) is 15.4. The summed E-state index contributed by atoms with van der Waals surface area (Å²) in [6, 6.07) is 71.6. The molecule has 260 valence electrons. The Kier molecular flexibility index (Phi) is 6.93. The molecule has 0 fully saturated rings. The average Bonchev–Trinajstić information content (AvgIpc) is 3.69. The lowest BCUT2D eigenvalue weighted by Gasteiger charge is -2.30. The predicted molar refractivity (Wildman–Crippen MR) is 233 cm³/mol. The maximum atomic E-state index is 2.50. The second-order valence-corrected chi connectivity index (χ2v) is 15.4. The molecule has 0 atom stereocenters. The van der Waals surface area contributed by atoms with Crippen molar-refractivity contribution < 1.29 is 0 Å². The van der Waals surface area contributed by atoms with Gasteiger partial charge in [0.1, 0.15) is 0 Å². The van der Waals surface area contributed by atoms with Gasteiger partial charge in [-0.3, -0.25) is 0 Å². The molecule has 9 aromatic carbocycles. The highest BCUT2D eigenvalue weighted by Crippen LogP contribution is 2.53. The lowest BCUT2D eigenvalue weighted by molar-refractivity contribution is 0.660. The van der Waals surface area contributed by atoms with Crippen LogP contribution >= 0.6 is 0 Å². The fourth-order valence-corrected chi connectivity index (χ4v) is 9.30. The van der Waals surface area contributed by atoms with Crippen molar-refractivity contribution in [3.05, 3.63) is 205 Å². The number of nitrogens with zero attached hydrogens (tertiary/aromatic N) is 2. The first-order valence-corrected chi connectivity index (χ1v) is 19.2. The minimum atomic E-state index is -0.134. The zero-order valence-electron chi connectivity index (χ0n) is 30.9. The SMILES string of the molecule is CC1(C)c2ccccc2-c2ccc(N(c3ccc4ccccc4c3)c3ccc4c(c3-c3ccc5ccccc5c3)c3ccccc3n4-c3ccccc3)cc21. The Balaban J connectivity index is 1.26. The van der Waals surface area contributed by atoms with Gasteiger partial charge in [0.15, 0.2) is 0 Å². The lowest BCUT2D eigenvalue weighted by Crippen LogP contribution is -2.17. The Labute approximate surface area is 321 Å². The van der Waals surface area contributed by atoms with Gasteiger partial charge < -0.3 is 9.47 Å². The zero-order valence-corrected chi connectivity index (χ0v) is 30.9. The smallest absolute Gasteiger partial charge is 0.0548 e. The van der Waals surface area contributed by atoms with Crippen molar-refractivity contribution in [2.24, 2.45) is 0 Å². The number of anilines is 3. The Morgan fingerprint density at radius 2 is 1.05 bits per heavy atom. The van der Waals surface area contributed by atoms with Crippen molar-refractivity contribution in [2.75, 3.05) is 4.90 Å². The van der Waals surface area contributed by atoms with E-state index in [9.17, 15) is 0 Å². The molecule has 2 heteroatoms. The maximum absolute atomic E-state index is 2.50. The van der Waals surface area contributed by atoms with E-state index in [0.29, 0.717) is 0 Å². The van der Waals surface area contributed by atoms with Crippen LogP contribution in [0.3, 0.4) is 0 Å².